The van der Waals surface area contributed by atoms with Crippen LogP contribution >= 0.6 is 0 Å². The van der Waals surface area contributed by atoms with Gasteiger partial charge in [-0.25, -0.2) is 0 Å². The van der Waals surface area contributed by atoms with Gasteiger partial charge < -0.3 is 0 Å². The van der Waals surface area contributed by atoms with Gasteiger partial charge >= 0.3 is 5.69 Å². The van der Waals surface area contributed by atoms with Crippen molar-refractivity contribution in [1.82, 2.24) is 4.40 Å². The normalized spacial score (nSPS) is 11.9. The van der Waals surface area contributed by atoms with Crippen LogP contribution in [0.3, 0.4) is 0 Å². The van der Waals surface area contributed by atoms with Crippen molar-refractivity contribution in [1.29, 1.82) is 0 Å². The molecule has 1 aromatic carbocycles. The maximum atomic E-state index is 12.3. The zero-order chi connectivity index (χ0) is 12.7. The van der Waals surface area contributed by atoms with Gasteiger partial charge in [-0.3, -0.25) is 0 Å². The average Bonchev–Trinajstić information content (AvgIpc) is 2.77. The van der Waals surface area contributed by atoms with Crippen LogP contribution < -0.4 is 10.3 Å². The molecular formula is C15H17N2O+. The molecule has 0 bridgehead atoms. The lowest BCUT2D eigenvalue weighted by molar-refractivity contribution is -0.714. The van der Waals surface area contributed by atoms with Crippen LogP contribution in [0.2, 0.25) is 0 Å². The average molecular weight is 241 g/mol. The molecule has 2 aromatic heterocycles. The maximum absolute atomic E-state index is 12.3. The van der Waals surface area contributed by atoms with E-state index in [-0.39, 0.29) is 5.69 Å². The van der Waals surface area contributed by atoms with Gasteiger partial charge in [-0.05, 0) is 24.5 Å². The summed E-state index contributed by atoms with van der Waals surface area (Å²) in [7, 11) is 0. The first-order chi connectivity index (χ1) is 8.66. The first kappa shape index (κ1) is 11.2. The molecule has 0 saturated carbocycles. The summed E-state index contributed by atoms with van der Waals surface area (Å²) in [6.45, 7) is 5.14. The highest BCUT2D eigenvalue weighted by Crippen LogP contribution is 2.18. The lowest BCUT2D eigenvalue weighted by atomic mass is 10.1. The summed E-state index contributed by atoms with van der Waals surface area (Å²) < 4.78 is 3.58. The molecule has 0 aliphatic heterocycles. The fraction of sp³-hybridized carbons (Fsp3) is 0.333. The van der Waals surface area contributed by atoms with Gasteiger partial charge in [0.15, 0.2) is 5.52 Å². The Hall–Kier alpha value is -1.90. The summed E-state index contributed by atoms with van der Waals surface area (Å²) in [6.07, 6.45) is 4.87. The highest BCUT2D eigenvalue weighted by atomic mass is 16.1. The second-order valence-electron chi connectivity index (χ2n) is 5.26. The summed E-state index contributed by atoms with van der Waals surface area (Å²) >= 11 is 0. The summed E-state index contributed by atoms with van der Waals surface area (Å²) in [6, 6.07) is 8.14. The zero-order valence-corrected chi connectivity index (χ0v) is 10.8. The van der Waals surface area contributed by atoms with Gasteiger partial charge in [0, 0.05) is 5.39 Å². The number of para-hydroxylation sites is 1. The topological polar surface area (TPSA) is 25.4 Å². The van der Waals surface area contributed by atoms with Crippen molar-refractivity contribution in [3.8, 4) is 0 Å². The number of nitrogens with zero attached hydrogens (tertiary/aromatic N) is 2. The van der Waals surface area contributed by atoms with Crippen LogP contribution in [0.4, 0.5) is 0 Å². The van der Waals surface area contributed by atoms with Crippen LogP contribution in [0.1, 0.15) is 20.3 Å². The van der Waals surface area contributed by atoms with Gasteiger partial charge in [-0.2, -0.15) is 13.8 Å². The molecule has 0 spiro atoms. The molecule has 0 atom stereocenters. The van der Waals surface area contributed by atoms with Crippen molar-refractivity contribution in [2.24, 2.45) is 5.92 Å². The van der Waals surface area contributed by atoms with Gasteiger partial charge in [0.05, 0.1) is 11.9 Å². The predicted molar refractivity (Wildman–Crippen MR) is 72.0 cm³/mol. The third kappa shape index (κ3) is 1.67. The van der Waals surface area contributed by atoms with E-state index in [1.807, 2.05) is 35.2 Å². The van der Waals surface area contributed by atoms with Crippen LogP contribution in [0, 0.1) is 5.92 Å². The predicted octanol–water partition coefficient (Wildman–Crippen LogP) is 2.22. The molecule has 3 aromatic rings. The van der Waals surface area contributed by atoms with E-state index in [2.05, 4.69) is 19.9 Å². The van der Waals surface area contributed by atoms with Gasteiger partial charge in [-0.1, -0.05) is 26.0 Å². The van der Waals surface area contributed by atoms with E-state index < -0.39 is 0 Å². The highest BCUT2D eigenvalue weighted by Gasteiger charge is 2.16. The SMILES string of the molecule is CC(C)CC[n+]1cc2cccc3ccn(c1=O)c32. The minimum Gasteiger partial charge on any atom is -0.197 e. The van der Waals surface area contributed by atoms with Gasteiger partial charge in [0.2, 0.25) is 0 Å². The molecule has 0 fully saturated rings. The van der Waals surface area contributed by atoms with Crippen molar-refractivity contribution >= 4 is 16.3 Å². The zero-order valence-electron chi connectivity index (χ0n) is 10.8. The Morgan fingerprint density at radius 2 is 2.00 bits per heavy atom. The van der Waals surface area contributed by atoms with Crippen LogP contribution in [-0.2, 0) is 6.54 Å². The van der Waals surface area contributed by atoms with Crippen LogP contribution in [0.25, 0.3) is 16.3 Å². The van der Waals surface area contributed by atoms with Crippen molar-refractivity contribution in [2.45, 2.75) is 26.8 Å². The second-order valence-corrected chi connectivity index (χ2v) is 5.26. The van der Waals surface area contributed by atoms with E-state index in [4.69, 9.17) is 0 Å². The molecule has 3 rings (SSSR count). The van der Waals surface area contributed by atoms with Gasteiger partial charge in [-0.15, -0.1) is 0 Å². The fourth-order valence-electron chi connectivity index (χ4n) is 2.40. The van der Waals surface area contributed by atoms with Crippen molar-refractivity contribution in [3.05, 3.63) is 47.1 Å². The van der Waals surface area contributed by atoms with E-state index in [9.17, 15) is 4.79 Å². The Labute approximate surface area is 106 Å². The number of benzene rings is 1. The molecule has 0 N–H and O–H groups in total. The minimum atomic E-state index is 0.0596. The fourth-order valence-corrected chi connectivity index (χ4v) is 2.40. The maximum Gasteiger partial charge on any atom is 0.503 e. The Morgan fingerprint density at radius 3 is 2.78 bits per heavy atom. The Morgan fingerprint density at radius 1 is 1.22 bits per heavy atom. The molecule has 0 amide bonds. The third-order valence-electron chi connectivity index (χ3n) is 3.44. The van der Waals surface area contributed by atoms with E-state index >= 15 is 0 Å². The van der Waals surface area contributed by atoms with E-state index in [1.54, 1.807) is 4.40 Å². The highest BCUT2D eigenvalue weighted by molar-refractivity contribution is 5.95. The summed E-state index contributed by atoms with van der Waals surface area (Å²) in [5.41, 5.74) is 1.09. The van der Waals surface area contributed by atoms with Crippen LogP contribution in [0.5, 0.6) is 0 Å². The van der Waals surface area contributed by atoms with Crippen LogP contribution in [0.15, 0.2) is 41.5 Å². The number of rotatable bonds is 3. The number of hydrogen-bond acceptors (Lipinski definition) is 1. The van der Waals surface area contributed by atoms with Crippen LogP contribution in [-0.4, -0.2) is 4.40 Å². The second kappa shape index (κ2) is 4.09. The summed E-state index contributed by atoms with van der Waals surface area (Å²) in [5.74, 6) is 0.605. The van der Waals surface area contributed by atoms with E-state index in [0.29, 0.717) is 5.92 Å². The summed E-state index contributed by atoms with van der Waals surface area (Å²) in [4.78, 5) is 12.3. The first-order valence-corrected chi connectivity index (χ1v) is 6.43. The summed E-state index contributed by atoms with van der Waals surface area (Å²) in [5, 5.41) is 2.25. The molecule has 2 heterocycles. The van der Waals surface area contributed by atoms with Crippen molar-refractivity contribution in [3.63, 3.8) is 0 Å². The van der Waals surface area contributed by atoms with E-state index in [1.165, 1.54) is 0 Å². The molecule has 0 aliphatic carbocycles. The largest absolute Gasteiger partial charge is 0.503 e. The Bertz CT molecular complexity index is 743. The Balaban J connectivity index is 2.21. The van der Waals surface area contributed by atoms with E-state index in [0.717, 1.165) is 29.3 Å². The molecule has 3 nitrogen and oxygen atoms in total. The number of aryl methyl sites for hydroxylation is 1. The molecule has 92 valence electrons. The smallest absolute Gasteiger partial charge is 0.197 e. The minimum absolute atomic E-state index is 0.0596. The van der Waals surface area contributed by atoms with Gasteiger partial charge in [0.25, 0.3) is 0 Å². The van der Waals surface area contributed by atoms with Crippen molar-refractivity contribution in [2.75, 3.05) is 0 Å². The molecule has 18 heavy (non-hydrogen) atoms. The molecule has 0 radical (unpaired) electrons. The lowest BCUT2D eigenvalue weighted by Gasteiger charge is -2.03. The van der Waals surface area contributed by atoms with Gasteiger partial charge in [0.1, 0.15) is 12.4 Å². The van der Waals surface area contributed by atoms with Crippen molar-refractivity contribution < 1.29 is 4.57 Å². The standard InChI is InChI=1S/C15H17N2O/c1-11(2)6-8-16-10-13-5-3-4-12-7-9-17(14(12)13)15(16)18/h3-5,7,9-11H,6,8H2,1-2H3/q+1. The number of hydrogen-bond donors (Lipinski definition) is 0. The first-order valence-electron chi connectivity index (χ1n) is 6.43. The molecule has 0 unspecified atom stereocenters. The monoisotopic (exact) mass is 241 g/mol. The third-order valence-corrected chi connectivity index (χ3v) is 3.44. The Kier molecular flexibility index (Phi) is 2.54. The molecule has 3 heteroatoms. The quantitative estimate of drug-likeness (QED) is 0.645. The molecule has 0 aliphatic rings. The molecule has 0 saturated heterocycles. The number of aromatic nitrogens is 2. The lowest BCUT2D eigenvalue weighted by Crippen LogP contribution is -2.52. The molecular weight excluding hydrogens is 224 g/mol.